The van der Waals surface area contributed by atoms with Crippen LogP contribution in [0.2, 0.25) is 39.3 Å². The third kappa shape index (κ3) is 5.39. The predicted molar refractivity (Wildman–Crippen MR) is 157 cm³/mol. The number of aromatic nitrogens is 1. The number of hydrogen-bond donors (Lipinski definition) is 0. The number of aryl methyl sites for hydroxylation is 6. The summed E-state index contributed by atoms with van der Waals surface area (Å²) in [6.07, 6.45) is 0. The van der Waals surface area contributed by atoms with Gasteiger partial charge < -0.3 is 0 Å². The number of anilines is 3. The summed E-state index contributed by atoms with van der Waals surface area (Å²) in [5.74, 6) is 1.03. The second-order valence-corrected chi connectivity index (χ2v) is 23.6. The van der Waals surface area contributed by atoms with Crippen LogP contribution < -0.4 is 4.90 Å². The highest BCUT2D eigenvalue weighted by molar-refractivity contribution is 6.96. The molecule has 2 aromatic carbocycles. The minimum Gasteiger partial charge on any atom is -0.294 e. The van der Waals surface area contributed by atoms with Gasteiger partial charge in [0.05, 0.1) is 27.5 Å². The van der Waals surface area contributed by atoms with Gasteiger partial charge in [0.25, 0.3) is 0 Å². The molecule has 0 bridgehead atoms. The molecule has 34 heavy (non-hydrogen) atoms. The molecular weight excluding hydrogens is 445 g/mol. The molecule has 0 spiro atoms. The molecule has 3 rings (SSSR count). The van der Waals surface area contributed by atoms with Crippen LogP contribution in [0.15, 0.2) is 42.5 Å². The fourth-order valence-electron chi connectivity index (χ4n) is 6.30. The van der Waals surface area contributed by atoms with Crippen molar-refractivity contribution in [2.75, 3.05) is 4.90 Å². The summed E-state index contributed by atoms with van der Waals surface area (Å²) in [6, 6.07) is 15.9. The molecule has 0 fully saturated rings. The average molecular weight is 489 g/mol. The second kappa shape index (κ2) is 9.46. The zero-order chi connectivity index (χ0) is 25.6. The van der Waals surface area contributed by atoms with Crippen LogP contribution in [-0.4, -0.2) is 21.1 Å². The summed E-state index contributed by atoms with van der Waals surface area (Å²) < 4.78 is 0. The van der Waals surface area contributed by atoms with Gasteiger partial charge in [-0.15, -0.1) is 0 Å². The van der Waals surface area contributed by atoms with Gasteiger partial charge in [-0.25, -0.2) is 4.98 Å². The molecule has 0 radical (unpaired) electrons. The Hall–Kier alpha value is -2.18. The van der Waals surface area contributed by atoms with Crippen LogP contribution in [0.5, 0.6) is 0 Å². The van der Waals surface area contributed by atoms with Crippen molar-refractivity contribution < 1.29 is 0 Å². The Kier molecular flexibility index (Phi) is 7.36. The first-order chi connectivity index (χ1) is 15.6. The van der Waals surface area contributed by atoms with E-state index in [1.807, 2.05) is 0 Å². The molecule has 0 unspecified atom stereocenters. The van der Waals surface area contributed by atoms with E-state index in [1.54, 1.807) is 0 Å². The number of pyridine rings is 1. The van der Waals surface area contributed by atoms with Gasteiger partial charge in [-0.2, -0.15) is 0 Å². The Morgan fingerprint density at radius 2 is 1.00 bits per heavy atom. The average Bonchev–Trinajstić information content (AvgIpc) is 2.63. The van der Waals surface area contributed by atoms with Gasteiger partial charge >= 0.3 is 0 Å². The topological polar surface area (TPSA) is 16.1 Å². The van der Waals surface area contributed by atoms with Gasteiger partial charge in [0.15, 0.2) is 0 Å². The van der Waals surface area contributed by atoms with E-state index >= 15 is 0 Å². The lowest BCUT2D eigenvalue weighted by Gasteiger charge is -2.38. The van der Waals surface area contributed by atoms with Gasteiger partial charge in [0, 0.05) is 5.69 Å². The van der Waals surface area contributed by atoms with E-state index in [2.05, 4.69) is 128 Å². The summed E-state index contributed by atoms with van der Waals surface area (Å²) >= 11 is 0. The number of rotatable bonds is 6. The van der Waals surface area contributed by atoms with Crippen molar-refractivity contribution in [3.05, 3.63) is 81.5 Å². The molecule has 0 aliphatic heterocycles. The van der Waals surface area contributed by atoms with E-state index in [1.165, 1.54) is 50.4 Å². The molecule has 1 aromatic heterocycles. The Morgan fingerprint density at radius 3 is 1.35 bits per heavy atom. The largest absolute Gasteiger partial charge is 0.294 e. The molecular formula is C30H44N2Si2. The summed E-state index contributed by atoms with van der Waals surface area (Å²) in [5, 5.41) is 0.599. The number of benzene rings is 2. The highest BCUT2D eigenvalue weighted by Gasteiger charge is 2.40. The van der Waals surface area contributed by atoms with E-state index < -0.39 is 16.1 Å². The van der Waals surface area contributed by atoms with Crippen LogP contribution >= 0.6 is 0 Å². The third-order valence-electron chi connectivity index (χ3n) is 6.73. The van der Waals surface area contributed by atoms with Crippen molar-refractivity contribution in [3.63, 3.8) is 0 Å². The molecule has 0 saturated carbocycles. The van der Waals surface area contributed by atoms with Gasteiger partial charge in [0.1, 0.15) is 5.82 Å². The zero-order valence-electron chi connectivity index (χ0n) is 23.5. The molecule has 0 N–H and O–H groups in total. The molecule has 4 heteroatoms. The molecule has 0 aliphatic rings. The first-order valence-corrected chi connectivity index (χ1v) is 19.7. The minimum absolute atomic E-state index is 0.599. The fourth-order valence-corrected chi connectivity index (χ4v) is 18.8. The maximum absolute atomic E-state index is 5.46. The molecule has 0 saturated heterocycles. The Morgan fingerprint density at radius 1 is 0.618 bits per heavy atom. The van der Waals surface area contributed by atoms with Crippen molar-refractivity contribution >= 4 is 33.3 Å². The van der Waals surface area contributed by atoms with Crippen LogP contribution in [0, 0.1) is 41.5 Å². The van der Waals surface area contributed by atoms with Crippen LogP contribution in [0.1, 0.15) is 44.2 Å². The Balaban J connectivity index is 2.36. The molecule has 2 nitrogen and oxygen atoms in total. The lowest BCUT2D eigenvalue weighted by molar-refractivity contribution is 1.03. The smallest absolute Gasteiger partial charge is 0.137 e. The standard InChI is InChI=1S/C30H44N2Si2/c1-20-16-22(3)28(23(4)17-20)32(29-24(5)18-21(2)19-25(29)6)27-15-13-14-26(31-27)30(33(7,8)9)34(10,11)12/h13-19,30H,1-12H3. The van der Waals surface area contributed by atoms with Gasteiger partial charge in [-0.3, -0.25) is 4.90 Å². The van der Waals surface area contributed by atoms with E-state index in [-0.39, 0.29) is 0 Å². The molecule has 3 aromatic rings. The van der Waals surface area contributed by atoms with E-state index in [0.29, 0.717) is 5.16 Å². The van der Waals surface area contributed by atoms with Gasteiger partial charge in [-0.1, -0.05) is 80.7 Å². The normalized spacial score (nSPS) is 12.4. The van der Waals surface area contributed by atoms with Gasteiger partial charge in [0.2, 0.25) is 0 Å². The van der Waals surface area contributed by atoms with E-state index in [4.69, 9.17) is 4.98 Å². The highest BCUT2D eigenvalue weighted by atomic mass is 28.4. The number of nitrogens with zero attached hydrogens (tertiary/aromatic N) is 2. The van der Waals surface area contributed by atoms with Crippen LogP contribution in [0.4, 0.5) is 17.2 Å². The summed E-state index contributed by atoms with van der Waals surface area (Å²) in [6.45, 7) is 28.3. The van der Waals surface area contributed by atoms with E-state index in [9.17, 15) is 0 Å². The SMILES string of the molecule is Cc1cc(C)c(N(c2cccc(C([Si](C)(C)C)[Si](C)(C)C)n2)c2c(C)cc(C)cc2C)c(C)c1. The van der Waals surface area contributed by atoms with Crippen molar-refractivity contribution in [1.29, 1.82) is 0 Å². The quantitative estimate of drug-likeness (QED) is 0.321. The number of hydrogen-bond acceptors (Lipinski definition) is 2. The third-order valence-corrected chi connectivity index (χ3v) is 16.0. The second-order valence-electron chi connectivity index (χ2n) is 12.4. The molecule has 1 heterocycles. The lowest BCUT2D eigenvalue weighted by atomic mass is 9.99. The minimum atomic E-state index is -1.46. The van der Waals surface area contributed by atoms with Crippen molar-refractivity contribution in [1.82, 2.24) is 4.98 Å². The van der Waals surface area contributed by atoms with Crippen LogP contribution in [0.3, 0.4) is 0 Å². The van der Waals surface area contributed by atoms with E-state index in [0.717, 1.165) is 5.82 Å². The van der Waals surface area contributed by atoms with Crippen molar-refractivity contribution in [2.24, 2.45) is 0 Å². The van der Waals surface area contributed by atoms with Crippen LogP contribution in [0.25, 0.3) is 0 Å². The zero-order valence-corrected chi connectivity index (χ0v) is 25.5. The lowest BCUT2D eigenvalue weighted by Crippen LogP contribution is -2.47. The predicted octanol–water partition coefficient (Wildman–Crippen LogP) is 9.24. The molecule has 0 atom stereocenters. The Bertz CT molecular complexity index is 1080. The van der Waals surface area contributed by atoms with Crippen LogP contribution in [-0.2, 0) is 0 Å². The summed E-state index contributed by atoms with van der Waals surface area (Å²) in [5.41, 5.74) is 11.5. The molecule has 0 amide bonds. The Labute approximate surface area is 210 Å². The fraction of sp³-hybridized carbons (Fsp3) is 0.433. The molecule has 182 valence electrons. The van der Waals surface area contributed by atoms with Gasteiger partial charge in [-0.05, 0) is 81.1 Å². The summed E-state index contributed by atoms with van der Waals surface area (Å²) in [4.78, 5) is 7.90. The monoisotopic (exact) mass is 488 g/mol. The first-order valence-electron chi connectivity index (χ1n) is 12.5. The highest BCUT2D eigenvalue weighted by Crippen LogP contribution is 2.43. The summed E-state index contributed by atoms with van der Waals surface area (Å²) in [7, 11) is -2.91. The van der Waals surface area contributed by atoms with Crippen molar-refractivity contribution in [3.8, 4) is 0 Å². The van der Waals surface area contributed by atoms with Crippen molar-refractivity contribution in [2.45, 2.75) is 86.0 Å². The first kappa shape index (κ1) is 26.4. The maximum atomic E-state index is 5.46. The molecule has 0 aliphatic carbocycles. The maximum Gasteiger partial charge on any atom is 0.137 e.